The predicted molar refractivity (Wildman–Crippen MR) is 77.9 cm³/mol. The van der Waals surface area contributed by atoms with E-state index in [1.807, 2.05) is 25.1 Å². The summed E-state index contributed by atoms with van der Waals surface area (Å²) in [4.78, 5) is 4.24. The summed E-state index contributed by atoms with van der Waals surface area (Å²) in [6, 6.07) is 10.3. The van der Waals surface area contributed by atoms with Gasteiger partial charge >= 0.3 is 0 Å². The molecule has 0 unspecified atom stereocenters. The molecular weight excluding hydrogens is 309 g/mol. The lowest BCUT2D eigenvalue weighted by Crippen LogP contribution is -2.00. The van der Waals surface area contributed by atoms with Gasteiger partial charge in [0.1, 0.15) is 5.82 Å². The SMILES string of the molecule is Cc1ccc(-n2c(N)nc3ccc(F)cc32)cc1Br. The first kappa shape index (κ1) is 12.2. The fourth-order valence-corrected chi connectivity index (χ4v) is 2.43. The standard InChI is InChI=1S/C14H11BrFN3/c1-8-2-4-10(7-11(8)15)19-13-6-9(16)3-5-12(13)18-14(19)17/h2-7H,1H3,(H2,17,18). The molecule has 0 bridgehead atoms. The lowest BCUT2D eigenvalue weighted by atomic mass is 10.2. The predicted octanol–water partition coefficient (Wildman–Crippen LogP) is 3.82. The first-order chi connectivity index (χ1) is 9.06. The molecule has 0 atom stereocenters. The molecule has 0 saturated carbocycles. The number of aryl methyl sites for hydroxylation is 1. The van der Waals surface area contributed by atoms with Crippen molar-refractivity contribution in [2.45, 2.75) is 6.92 Å². The maximum atomic E-state index is 13.4. The average molecular weight is 320 g/mol. The van der Waals surface area contributed by atoms with Crippen molar-refractivity contribution in [2.75, 3.05) is 5.73 Å². The van der Waals surface area contributed by atoms with Crippen LogP contribution in [0.25, 0.3) is 16.7 Å². The van der Waals surface area contributed by atoms with Crippen molar-refractivity contribution < 1.29 is 4.39 Å². The largest absolute Gasteiger partial charge is 0.369 e. The second-order valence-corrected chi connectivity index (χ2v) is 5.23. The van der Waals surface area contributed by atoms with Gasteiger partial charge in [-0.1, -0.05) is 22.0 Å². The van der Waals surface area contributed by atoms with Gasteiger partial charge in [0.05, 0.1) is 16.7 Å². The minimum Gasteiger partial charge on any atom is -0.369 e. The van der Waals surface area contributed by atoms with Crippen LogP contribution in [0.4, 0.5) is 10.3 Å². The number of hydrogen-bond donors (Lipinski definition) is 1. The summed E-state index contributed by atoms with van der Waals surface area (Å²) in [5, 5.41) is 0. The van der Waals surface area contributed by atoms with Gasteiger partial charge < -0.3 is 5.73 Å². The van der Waals surface area contributed by atoms with Gasteiger partial charge in [-0.05, 0) is 36.8 Å². The summed E-state index contributed by atoms with van der Waals surface area (Å²) in [7, 11) is 0. The lowest BCUT2D eigenvalue weighted by Gasteiger charge is -2.08. The molecule has 1 heterocycles. The summed E-state index contributed by atoms with van der Waals surface area (Å²) in [6.45, 7) is 2.00. The van der Waals surface area contributed by atoms with Gasteiger partial charge in [0, 0.05) is 10.5 Å². The number of benzene rings is 2. The van der Waals surface area contributed by atoms with Crippen LogP contribution in [0.15, 0.2) is 40.9 Å². The molecule has 0 spiro atoms. The van der Waals surface area contributed by atoms with Crippen molar-refractivity contribution in [2.24, 2.45) is 0 Å². The normalized spacial score (nSPS) is 11.1. The number of aromatic nitrogens is 2. The quantitative estimate of drug-likeness (QED) is 0.741. The van der Waals surface area contributed by atoms with Crippen LogP contribution in [0.5, 0.6) is 0 Å². The summed E-state index contributed by atoms with van der Waals surface area (Å²) in [5.74, 6) is 0.0381. The minimum absolute atomic E-state index is 0.306. The van der Waals surface area contributed by atoms with E-state index >= 15 is 0 Å². The molecular formula is C14H11BrFN3. The Labute approximate surface area is 118 Å². The van der Waals surface area contributed by atoms with E-state index in [9.17, 15) is 4.39 Å². The molecule has 0 fully saturated rings. The molecule has 0 radical (unpaired) electrons. The lowest BCUT2D eigenvalue weighted by molar-refractivity contribution is 0.629. The molecule has 0 saturated heterocycles. The van der Waals surface area contributed by atoms with E-state index in [0.29, 0.717) is 17.0 Å². The zero-order chi connectivity index (χ0) is 13.6. The summed E-state index contributed by atoms with van der Waals surface area (Å²) >= 11 is 3.49. The highest BCUT2D eigenvalue weighted by Crippen LogP contribution is 2.26. The molecule has 3 nitrogen and oxygen atoms in total. The number of nitrogens with two attached hydrogens (primary N) is 1. The van der Waals surface area contributed by atoms with Gasteiger partial charge in [-0.2, -0.15) is 0 Å². The molecule has 2 N–H and O–H groups in total. The van der Waals surface area contributed by atoms with E-state index < -0.39 is 0 Å². The maximum absolute atomic E-state index is 13.4. The first-order valence-corrected chi connectivity index (χ1v) is 6.55. The zero-order valence-corrected chi connectivity index (χ0v) is 11.8. The molecule has 19 heavy (non-hydrogen) atoms. The van der Waals surface area contributed by atoms with Gasteiger partial charge in [-0.25, -0.2) is 9.37 Å². The van der Waals surface area contributed by atoms with E-state index in [-0.39, 0.29) is 5.82 Å². The van der Waals surface area contributed by atoms with Gasteiger partial charge in [0.25, 0.3) is 0 Å². The second-order valence-electron chi connectivity index (χ2n) is 4.37. The first-order valence-electron chi connectivity index (χ1n) is 5.76. The Bertz CT molecular complexity index is 780. The van der Waals surface area contributed by atoms with Crippen molar-refractivity contribution in [3.05, 3.63) is 52.3 Å². The topological polar surface area (TPSA) is 43.8 Å². The maximum Gasteiger partial charge on any atom is 0.205 e. The number of hydrogen-bond acceptors (Lipinski definition) is 2. The van der Waals surface area contributed by atoms with E-state index in [0.717, 1.165) is 15.7 Å². The second kappa shape index (κ2) is 4.35. The minimum atomic E-state index is -0.306. The fourth-order valence-electron chi connectivity index (χ4n) is 2.06. The fraction of sp³-hybridized carbons (Fsp3) is 0.0714. The van der Waals surface area contributed by atoms with Crippen LogP contribution < -0.4 is 5.73 Å². The van der Waals surface area contributed by atoms with Crippen molar-refractivity contribution in [3.8, 4) is 5.69 Å². The molecule has 0 aliphatic carbocycles. The third-order valence-corrected chi connectivity index (χ3v) is 3.91. The Balaban J connectivity index is 2.31. The van der Waals surface area contributed by atoms with Crippen LogP contribution in [0.3, 0.4) is 0 Å². The number of halogens is 2. The summed E-state index contributed by atoms with van der Waals surface area (Å²) in [6.07, 6.45) is 0. The molecule has 5 heteroatoms. The summed E-state index contributed by atoms with van der Waals surface area (Å²) < 4.78 is 16.1. The van der Waals surface area contributed by atoms with Crippen LogP contribution in [-0.2, 0) is 0 Å². The van der Waals surface area contributed by atoms with Gasteiger partial charge in [-0.15, -0.1) is 0 Å². The number of nitrogens with zero attached hydrogens (tertiary/aromatic N) is 2. The highest BCUT2D eigenvalue weighted by molar-refractivity contribution is 9.10. The monoisotopic (exact) mass is 319 g/mol. The van der Waals surface area contributed by atoms with Crippen LogP contribution in [0.2, 0.25) is 0 Å². The Morgan fingerprint density at radius 3 is 2.74 bits per heavy atom. The number of imidazole rings is 1. The number of nitrogen functional groups attached to an aromatic ring is 1. The van der Waals surface area contributed by atoms with E-state index in [4.69, 9.17) is 5.73 Å². The van der Waals surface area contributed by atoms with Crippen molar-refractivity contribution in [1.82, 2.24) is 9.55 Å². The highest BCUT2D eigenvalue weighted by atomic mass is 79.9. The molecule has 0 aliphatic heterocycles. The van der Waals surface area contributed by atoms with Crippen LogP contribution >= 0.6 is 15.9 Å². The van der Waals surface area contributed by atoms with Crippen molar-refractivity contribution in [1.29, 1.82) is 0 Å². The molecule has 0 amide bonds. The molecule has 96 valence electrons. The van der Waals surface area contributed by atoms with Crippen LogP contribution in [0.1, 0.15) is 5.56 Å². The molecule has 3 aromatic rings. The third kappa shape index (κ3) is 2.00. The highest BCUT2D eigenvalue weighted by Gasteiger charge is 2.11. The Morgan fingerprint density at radius 1 is 1.21 bits per heavy atom. The molecule has 0 aliphatic rings. The van der Waals surface area contributed by atoms with Gasteiger partial charge in [0.2, 0.25) is 5.95 Å². The van der Waals surface area contributed by atoms with Crippen molar-refractivity contribution in [3.63, 3.8) is 0 Å². The Hall–Kier alpha value is -1.88. The molecule has 1 aromatic heterocycles. The van der Waals surface area contributed by atoms with E-state index in [2.05, 4.69) is 20.9 Å². The Morgan fingerprint density at radius 2 is 2.00 bits per heavy atom. The third-order valence-electron chi connectivity index (χ3n) is 3.06. The average Bonchev–Trinajstić information content (AvgIpc) is 2.68. The van der Waals surface area contributed by atoms with Crippen LogP contribution in [0, 0.1) is 12.7 Å². The number of anilines is 1. The van der Waals surface area contributed by atoms with Crippen LogP contribution in [-0.4, -0.2) is 9.55 Å². The molecule has 2 aromatic carbocycles. The van der Waals surface area contributed by atoms with Crippen molar-refractivity contribution >= 4 is 32.9 Å². The molecule has 3 rings (SSSR count). The van der Waals surface area contributed by atoms with Gasteiger partial charge in [0.15, 0.2) is 0 Å². The van der Waals surface area contributed by atoms with E-state index in [1.54, 1.807) is 10.6 Å². The van der Waals surface area contributed by atoms with Gasteiger partial charge in [-0.3, -0.25) is 4.57 Å². The number of rotatable bonds is 1. The summed E-state index contributed by atoms with van der Waals surface area (Å²) in [5.41, 5.74) is 9.25. The Kier molecular flexibility index (Phi) is 2.78. The smallest absolute Gasteiger partial charge is 0.205 e. The zero-order valence-electron chi connectivity index (χ0n) is 10.2. The van der Waals surface area contributed by atoms with E-state index in [1.165, 1.54) is 12.1 Å². The number of fused-ring (bicyclic) bond motifs is 1.